The zero-order valence-corrected chi connectivity index (χ0v) is 11.1. The maximum absolute atomic E-state index is 11.8. The van der Waals surface area contributed by atoms with Crippen molar-refractivity contribution in [3.8, 4) is 0 Å². The van der Waals surface area contributed by atoms with Crippen LogP contribution in [0.25, 0.3) is 0 Å². The highest BCUT2D eigenvalue weighted by molar-refractivity contribution is 5.71. The van der Waals surface area contributed by atoms with Crippen LogP contribution in [0.1, 0.15) is 39.2 Å². The van der Waals surface area contributed by atoms with Gasteiger partial charge >= 0.3 is 6.09 Å². The van der Waals surface area contributed by atoms with Gasteiger partial charge in [-0.15, -0.1) is 0 Å². The number of carbonyl (C=O) groups excluding carboxylic acids is 1. The van der Waals surface area contributed by atoms with Gasteiger partial charge in [0.05, 0.1) is 5.54 Å². The first-order valence-corrected chi connectivity index (χ1v) is 6.19. The van der Waals surface area contributed by atoms with Crippen molar-refractivity contribution >= 4 is 11.8 Å². The molecule has 1 amide bonds. The third-order valence-corrected chi connectivity index (χ3v) is 2.97. The van der Waals surface area contributed by atoms with Gasteiger partial charge in [0.15, 0.2) is 0 Å². The van der Waals surface area contributed by atoms with Crippen LogP contribution in [0, 0.1) is 0 Å². The molecule has 0 aromatic heterocycles. The van der Waals surface area contributed by atoms with E-state index in [0.29, 0.717) is 5.69 Å². The zero-order chi connectivity index (χ0) is 13.4. The minimum absolute atomic E-state index is 0.326. The summed E-state index contributed by atoms with van der Waals surface area (Å²) in [7, 11) is 0. The summed E-state index contributed by atoms with van der Waals surface area (Å²) in [6.45, 7) is 5.55. The molecule has 4 nitrogen and oxygen atoms in total. The Kier molecular flexibility index (Phi) is 2.97. The molecule has 0 atom stereocenters. The highest BCUT2D eigenvalue weighted by atomic mass is 16.6. The van der Waals surface area contributed by atoms with E-state index in [2.05, 4.69) is 5.32 Å². The standard InChI is InChI=1S/C14H20N2O2/c1-13(2,3)18-12(17)16-14(8-9-14)10-6-4-5-7-11(10)15/h4-7H,8-9,15H2,1-3H3,(H,16,17). The van der Waals surface area contributed by atoms with E-state index in [-0.39, 0.29) is 11.6 Å². The van der Waals surface area contributed by atoms with Crippen LogP contribution in [0.2, 0.25) is 0 Å². The molecule has 0 spiro atoms. The number of nitrogens with one attached hydrogen (secondary N) is 1. The molecule has 18 heavy (non-hydrogen) atoms. The second kappa shape index (κ2) is 4.19. The first-order chi connectivity index (χ1) is 8.32. The Balaban J connectivity index is 2.10. The van der Waals surface area contributed by atoms with Crippen LogP contribution in [0.5, 0.6) is 0 Å². The molecule has 3 N–H and O–H groups in total. The number of rotatable bonds is 2. The Morgan fingerprint density at radius 1 is 1.33 bits per heavy atom. The van der Waals surface area contributed by atoms with Crippen molar-refractivity contribution in [2.24, 2.45) is 0 Å². The number of ether oxygens (including phenoxy) is 1. The number of para-hydroxylation sites is 1. The molecule has 0 saturated heterocycles. The maximum Gasteiger partial charge on any atom is 0.408 e. The van der Waals surface area contributed by atoms with E-state index in [1.165, 1.54) is 0 Å². The van der Waals surface area contributed by atoms with Crippen LogP contribution in [0.4, 0.5) is 10.5 Å². The molecule has 0 heterocycles. The number of hydrogen-bond acceptors (Lipinski definition) is 3. The van der Waals surface area contributed by atoms with Crippen LogP contribution in [-0.2, 0) is 10.3 Å². The van der Waals surface area contributed by atoms with Crippen molar-refractivity contribution in [3.05, 3.63) is 29.8 Å². The lowest BCUT2D eigenvalue weighted by molar-refractivity contribution is 0.0495. The number of anilines is 1. The second-order valence-electron chi connectivity index (χ2n) is 5.80. The van der Waals surface area contributed by atoms with E-state index in [9.17, 15) is 4.79 Å². The van der Waals surface area contributed by atoms with Crippen LogP contribution in [0.3, 0.4) is 0 Å². The molecule has 1 aromatic rings. The van der Waals surface area contributed by atoms with E-state index in [1.54, 1.807) is 0 Å². The number of nitrogens with two attached hydrogens (primary N) is 1. The van der Waals surface area contributed by atoms with Gasteiger partial charge in [0.2, 0.25) is 0 Å². The fourth-order valence-corrected chi connectivity index (χ4v) is 2.02. The predicted molar refractivity (Wildman–Crippen MR) is 71.1 cm³/mol. The molecule has 0 unspecified atom stereocenters. The minimum Gasteiger partial charge on any atom is -0.444 e. The zero-order valence-electron chi connectivity index (χ0n) is 11.1. The lowest BCUT2D eigenvalue weighted by atomic mass is 10.0. The molecule has 1 aromatic carbocycles. The monoisotopic (exact) mass is 248 g/mol. The van der Waals surface area contributed by atoms with Crippen LogP contribution in [-0.4, -0.2) is 11.7 Å². The smallest absolute Gasteiger partial charge is 0.408 e. The van der Waals surface area contributed by atoms with Gasteiger partial charge in [0, 0.05) is 11.3 Å². The Morgan fingerprint density at radius 3 is 2.44 bits per heavy atom. The van der Waals surface area contributed by atoms with E-state index >= 15 is 0 Å². The average Bonchev–Trinajstić information content (AvgIpc) is 2.96. The average molecular weight is 248 g/mol. The topological polar surface area (TPSA) is 64.3 Å². The van der Waals surface area contributed by atoms with Gasteiger partial charge in [-0.2, -0.15) is 0 Å². The molecule has 4 heteroatoms. The van der Waals surface area contributed by atoms with Crippen LogP contribution >= 0.6 is 0 Å². The summed E-state index contributed by atoms with van der Waals surface area (Å²) in [5, 5.41) is 2.94. The second-order valence-corrected chi connectivity index (χ2v) is 5.80. The predicted octanol–water partition coefficient (Wildman–Crippen LogP) is 2.78. The molecule has 2 rings (SSSR count). The minimum atomic E-state index is -0.484. The Morgan fingerprint density at radius 2 is 1.94 bits per heavy atom. The summed E-state index contributed by atoms with van der Waals surface area (Å²) in [6.07, 6.45) is 1.42. The molecule has 0 radical (unpaired) electrons. The van der Waals surface area contributed by atoms with Crippen molar-refractivity contribution in [2.45, 2.75) is 44.8 Å². The fraction of sp³-hybridized carbons (Fsp3) is 0.500. The van der Waals surface area contributed by atoms with Crippen molar-refractivity contribution in [3.63, 3.8) is 0 Å². The van der Waals surface area contributed by atoms with Crippen molar-refractivity contribution in [1.82, 2.24) is 5.32 Å². The summed E-state index contributed by atoms with van der Waals surface area (Å²) >= 11 is 0. The Hall–Kier alpha value is -1.71. The molecule has 0 aliphatic heterocycles. The first kappa shape index (κ1) is 12.7. The summed E-state index contributed by atoms with van der Waals surface area (Å²) in [5.74, 6) is 0. The molecular weight excluding hydrogens is 228 g/mol. The number of benzene rings is 1. The van der Waals surface area contributed by atoms with Gasteiger partial charge in [-0.05, 0) is 39.7 Å². The van der Waals surface area contributed by atoms with Crippen molar-refractivity contribution < 1.29 is 9.53 Å². The van der Waals surface area contributed by atoms with E-state index in [1.807, 2.05) is 45.0 Å². The fourth-order valence-electron chi connectivity index (χ4n) is 2.02. The van der Waals surface area contributed by atoms with E-state index in [4.69, 9.17) is 10.5 Å². The third kappa shape index (κ3) is 2.75. The highest BCUT2D eigenvalue weighted by Gasteiger charge is 2.47. The molecule has 1 aliphatic rings. The van der Waals surface area contributed by atoms with Gasteiger partial charge in [-0.3, -0.25) is 0 Å². The molecule has 98 valence electrons. The Labute approximate surface area is 108 Å². The van der Waals surface area contributed by atoms with E-state index in [0.717, 1.165) is 18.4 Å². The summed E-state index contributed by atoms with van der Waals surface area (Å²) in [4.78, 5) is 11.8. The van der Waals surface area contributed by atoms with Crippen LogP contribution in [0.15, 0.2) is 24.3 Å². The number of carbonyl (C=O) groups is 1. The third-order valence-electron chi connectivity index (χ3n) is 2.97. The highest BCUT2D eigenvalue weighted by Crippen LogP contribution is 2.47. The molecule has 1 fully saturated rings. The summed E-state index contributed by atoms with van der Waals surface area (Å²) in [6, 6.07) is 7.64. The van der Waals surface area contributed by atoms with Gasteiger partial charge < -0.3 is 15.8 Å². The lowest BCUT2D eigenvalue weighted by Crippen LogP contribution is -2.39. The first-order valence-electron chi connectivity index (χ1n) is 6.19. The molecule has 0 bridgehead atoms. The van der Waals surface area contributed by atoms with Crippen molar-refractivity contribution in [1.29, 1.82) is 0 Å². The number of amides is 1. The maximum atomic E-state index is 11.8. The Bertz CT molecular complexity index is 459. The van der Waals surface area contributed by atoms with E-state index < -0.39 is 5.60 Å². The SMILES string of the molecule is CC(C)(C)OC(=O)NC1(c2ccccc2N)CC1. The molecular formula is C14H20N2O2. The lowest BCUT2D eigenvalue weighted by Gasteiger charge is -2.24. The molecule has 1 aliphatic carbocycles. The van der Waals surface area contributed by atoms with Gasteiger partial charge in [-0.1, -0.05) is 18.2 Å². The van der Waals surface area contributed by atoms with Gasteiger partial charge in [-0.25, -0.2) is 4.79 Å². The van der Waals surface area contributed by atoms with Gasteiger partial charge in [0.1, 0.15) is 5.60 Å². The number of hydrogen-bond donors (Lipinski definition) is 2. The molecule has 1 saturated carbocycles. The number of nitrogen functional groups attached to an aromatic ring is 1. The van der Waals surface area contributed by atoms with Crippen LogP contribution < -0.4 is 11.1 Å². The summed E-state index contributed by atoms with van der Waals surface area (Å²) < 4.78 is 5.28. The normalized spacial score (nSPS) is 17.1. The number of alkyl carbamates (subject to hydrolysis) is 1. The quantitative estimate of drug-likeness (QED) is 0.791. The van der Waals surface area contributed by atoms with Crippen molar-refractivity contribution in [2.75, 3.05) is 5.73 Å². The summed E-state index contributed by atoms with van der Waals surface area (Å²) in [5.41, 5.74) is 6.84. The largest absolute Gasteiger partial charge is 0.444 e. The van der Waals surface area contributed by atoms with Gasteiger partial charge in [0.25, 0.3) is 0 Å².